The summed E-state index contributed by atoms with van der Waals surface area (Å²) in [6, 6.07) is 4.14. The summed E-state index contributed by atoms with van der Waals surface area (Å²) < 4.78 is 0. The van der Waals surface area contributed by atoms with Gasteiger partial charge in [0.1, 0.15) is 5.82 Å². The van der Waals surface area contributed by atoms with Gasteiger partial charge in [0.25, 0.3) is 0 Å². The fourth-order valence-corrected chi connectivity index (χ4v) is 4.55. The van der Waals surface area contributed by atoms with Crippen LogP contribution in [0.2, 0.25) is 10.0 Å². The Bertz CT molecular complexity index is 1030. The third kappa shape index (κ3) is 4.91. The van der Waals surface area contributed by atoms with Crippen molar-refractivity contribution in [2.45, 2.75) is 58.7 Å². The number of hydrogen-bond donors (Lipinski definition) is 3. The molecule has 0 radical (unpaired) electrons. The largest absolute Gasteiger partial charge is 0.465 e. The first-order valence-electron chi connectivity index (χ1n) is 10.5. The zero-order chi connectivity index (χ0) is 23.6. The van der Waals surface area contributed by atoms with E-state index >= 15 is 0 Å². The summed E-state index contributed by atoms with van der Waals surface area (Å²) >= 11 is 12.5. The fraction of sp³-hybridized carbons (Fsp3) is 0.455. The van der Waals surface area contributed by atoms with Crippen molar-refractivity contribution in [3.63, 3.8) is 0 Å². The van der Waals surface area contributed by atoms with Gasteiger partial charge in [0.2, 0.25) is 5.91 Å². The van der Waals surface area contributed by atoms with Gasteiger partial charge in [0, 0.05) is 24.1 Å². The van der Waals surface area contributed by atoms with Gasteiger partial charge in [-0.1, -0.05) is 37.0 Å². The van der Waals surface area contributed by atoms with Gasteiger partial charge in [-0.05, 0) is 38.0 Å². The molecule has 2 amide bonds. The minimum absolute atomic E-state index is 0.218. The average molecular weight is 480 g/mol. The van der Waals surface area contributed by atoms with E-state index in [0.29, 0.717) is 34.4 Å². The van der Waals surface area contributed by atoms with Crippen molar-refractivity contribution in [1.82, 2.24) is 20.2 Å². The van der Waals surface area contributed by atoms with Crippen LogP contribution in [0, 0.1) is 0 Å². The van der Waals surface area contributed by atoms with Crippen LogP contribution in [-0.4, -0.2) is 56.6 Å². The van der Waals surface area contributed by atoms with Crippen LogP contribution in [-0.2, 0) is 17.6 Å². The normalized spacial score (nSPS) is 20.3. The summed E-state index contributed by atoms with van der Waals surface area (Å²) in [6.07, 6.45) is 0.200. The van der Waals surface area contributed by atoms with Crippen LogP contribution in [0.25, 0.3) is 11.3 Å². The van der Waals surface area contributed by atoms with Gasteiger partial charge < -0.3 is 20.6 Å². The van der Waals surface area contributed by atoms with Gasteiger partial charge in [0.05, 0.1) is 40.2 Å². The Hall–Kier alpha value is -2.58. The molecule has 1 saturated heterocycles. The van der Waals surface area contributed by atoms with Gasteiger partial charge in [-0.15, -0.1) is 0 Å². The molecule has 1 fully saturated rings. The average Bonchev–Trinajstić information content (AvgIpc) is 3.03. The first-order chi connectivity index (χ1) is 15.2. The molecule has 0 bridgehead atoms. The number of amides is 2. The third-order valence-electron chi connectivity index (χ3n) is 5.67. The molecule has 32 heavy (non-hydrogen) atoms. The third-order valence-corrected chi connectivity index (χ3v) is 6.22. The van der Waals surface area contributed by atoms with E-state index in [4.69, 9.17) is 33.2 Å². The Morgan fingerprint density at radius 2 is 1.88 bits per heavy atom. The Morgan fingerprint density at radius 3 is 2.44 bits per heavy atom. The predicted octanol–water partition coefficient (Wildman–Crippen LogP) is 4.24. The standard InChI is InChI=1S/C22H27Cl2N5O3/c1-5-16-20(14-8-7-13(23)9-15(14)24)26-17(6-2)21(27-16)28-18-10-29(22(31)32)11(3)19(18)25-12(4)30/h7-9,11,18-19H,5-6,10H2,1-4H3,(H,25,30)(H,27,28)(H,31,32)/t11?,18-,19-/m1/s1. The lowest BCUT2D eigenvalue weighted by atomic mass is 10.1. The second-order valence-corrected chi connectivity index (χ2v) is 8.64. The maximum Gasteiger partial charge on any atom is 0.407 e. The molecule has 0 saturated carbocycles. The van der Waals surface area contributed by atoms with E-state index in [2.05, 4.69) is 10.6 Å². The minimum atomic E-state index is -1.03. The molecule has 3 rings (SSSR count). The molecule has 1 aliphatic heterocycles. The SMILES string of the molecule is CCc1nc(-c2ccc(Cl)cc2Cl)c(CC)nc1N[C@@H]1CN(C(=O)O)C(C)[C@H]1NC(C)=O. The minimum Gasteiger partial charge on any atom is -0.465 e. The summed E-state index contributed by atoms with van der Waals surface area (Å²) in [6.45, 7) is 7.38. The van der Waals surface area contributed by atoms with E-state index in [9.17, 15) is 14.7 Å². The molecule has 1 aromatic heterocycles. The number of rotatable bonds is 6. The molecule has 10 heteroatoms. The van der Waals surface area contributed by atoms with Crippen molar-refractivity contribution in [2.24, 2.45) is 0 Å². The molecule has 172 valence electrons. The molecule has 1 aliphatic rings. The molecule has 8 nitrogen and oxygen atoms in total. The highest BCUT2D eigenvalue weighted by molar-refractivity contribution is 6.36. The van der Waals surface area contributed by atoms with Gasteiger partial charge in [-0.2, -0.15) is 0 Å². The van der Waals surface area contributed by atoms with Crippen molar-refractivity contribution in [3.8, 4) is 11.3 Å². The number of anilines is 1. The highest BCUT2D eigenvalue weighted by Crippen LogP contribution is 2.33. The number of aryl methyl sites for hydroxylation is 2. The lowest BCUT2D eigenvalue weighted by Gasteiger charge is -2.25. The maximum atomic E-state index is 11.7. The molecule has 2 aromatic rings. The van der Waals surface area contributed by atoms with Crippen LogP contribution in [0.3, 0.4) is 0 Å². The summed E-state index contributed by atoms with van der Waals surface area (Å²) in [5, 5.41) is 16.8. The zero-order valence-corrected chi connectivity index (χ0v) is 20.0. The molecular formula is C22H27Cl2N5O3. The van der Waals surface area contributed by atoms with Gasteiger partial charge in [-0.3, -0.25) is 4.79 Å². The molecule has 0 aliphatic carbocycles. The monoisotopic (exact) mass is 479 g/mol. The molecule has 2 heterocycles. The highest BCUT2D eigenvalue weighted by Gasteiger charge is 2.42. The maximum absolute atomic E-state index is 11.7. The first-order valence-corrected chi connectivity index (χ1v) is 11.3. The number of hydrogen-bond acceptors (Lipinski definition) is 5. The number of benzene rings is 1. The van der Waals surface area contributed by atoms with E-state index in [1.54, 1.807) is 19.1 Å². The quantitative estimate of drug-likeness (QED) is 0.571. The summed E-state index contributed by atoms with van der Waals surface area (Å²) in [4.78, 5) is 34.4. The molecule has 1 unspecified atom stereocenters. The van der Waals surface area contributed by atoms with Crippen LogP contribution in [0.15, 0.2) is 18.2 Å². The number of nitrogens with one attached hydrogen (secondary N) is 2. The van der Waals surface area contributed by atoms with E-state index in [0.717, 1.165) is 17.0 Å². The second kappa shape index (κ2) is 9.92. The van der Waals surface area contributed by atoms with Gasteiger partial charge in [0.15, 0.2) is 0 Å². The Kier molecular flexibility index (Phi) is 7.46. The van der Waals surface area contributed by atoms with E-state index in [-0.39, 0.29) is 24.5 Å². The molecule has 3 N–H and O–H groups in total. The van der Waals surface area contributed by atoms with Gasteiger partial charge >= 0.3 is 6.09 Å². The van der Waals surface area contributed by atoms with E-state index < -0.39 is 12.1 Å². The van der Waals surface area contributed by atoms with Crippen molar-refractivity contribution in [2.75, 3.05) is 11.9 Å². The lowest BCUT2D eigenvalue weighted by Crippen LogP contribution is -2.49. The van der Waals surface area contributed by atoms with E-state index in [1.165, 1.54) is 11.8 Å². The highest BCUT2D eigenvalue weighted by atomic mass is 35.5. The van der Waals surface area contributed by atoms with Crippen molar-refractivity contribution in [1.29, 1.82) is 0 Å². The smallest absolute Gasteiger partial charge is 0.407 e. The summed E-state index contributed by atoms with van der Waals surface area (Å²) in [5.41, 5.74) is 2.93. The fourth-order valence-electron chi connectivity index (χ4n) is 4.05. The zero-order valence-electron chi connectivity index (χ0n) is 18.4. The van der Waals surface area contributed by atoms with Crippen LogP contribution < -0.4 is 10.6 Å². The predicted molar refractivity (Wildman–Crippen MR) is 125 cm³/mol. The number of likely N-dealkylation sites (tertiary alicyclic amines) is 1. The van der Waals surface area contributed by atoms with Crippen molar-refractivity contribution >= 4 is 41.0 Å². The first kappa shape index (κ1) is 24.1. The number of halogens is 2. The summed E-state index contributed by atoms with van der Waals surface area (Å²) in [5.74, 6) is 0.364. The van der Waals surface area contributed by atoms with Crippen LogP contribution in [0.5, 0.6) is 0 Å². The van der Waals surface area contributed by atoms with Crippen LogP contribution in [0.1, 0.15) is 39.1 Å². The molecule has 3 atom stereocenters. The Morgan fingerprint density at radius 1 is 1.19 bits per heavy atom. The number of carboxylic acid groups (broad SMARTS) is 1. The lowest BCUT2D eigenvalue weighted by molar-refractivity contribution is -0.119. The van der Waals surface area contributed by atoms with E-state index in [1.807, 2.05) is 19.9 Å². The number of carbonyl (C=O) groups excluding carboxylic acids is 1. The molecular weight excluding hydrogens is 453 g/mol. The van der Waals surface area contributed by atoms with Crippen molar-refractivity contribution < 1.29 is 14.7 Å². The Balaban J connectivity index is 2.00. The van der Waals surface area contributed by atoms with Crippen molar-refractivity contribution in [3.05, 3.63) is 39.6 Å². The number of carbonyl (C=O) groups is 2. The number of aromatic nitrogens is 2. The molecule has 0 spiro atoms. The number of nitrogens with zero attached hydrogens (tertiary/aromatic N) is 3. The Labute approximate surface area is 197 Å². The van der Waals surface area contributed by atoms with Crippen LogP contribution in [0.4, 0.5) is 10.6 Å². The van der Waals surface area contributed by atoms with Gasteiger partial charge in [-0.25, -0.2) is 14.8 Å². The summed E-state index contributed by atoms with van der Waals surface area (Å²) in [7, 11) is 0. The molecule has 1 aromatic carbocycles. The topological polar surface area (TPSA) is 107 Å². The second-order valence-electron chi connectivity index (χ2n) is 7.80. The van der Waals surface area contributed by atoms with Crippen LogP contribution >= 0.6 is 23.2 Å².